The van der Waals surface area contributed by atoms with Crippen molar-refractivity contribution in [2.45, 2.75) is 6.92 Å². The van der Waals surface area contributed by atoms with Crippen molar-refractivity contribution in [3.8, 4) is 0 Å². The summed E-state index contributed by atoms with van der Waals surface area (Å²) in [6.07, 6.45) is 1.35. The Morgan fingerprint density at radius 1 is 1.25 bits per heavy atom. The van der Waals surface area contributed by atoms with E-state index in [0.717, 1.165) is 0 Å². The molecule has 20 heavy (non-hydrogen) atoms. The van der Waals surface area contributed by atoms with Gasteiger partial charge in [-0.25, -0.2) is 9.78 Å². The van der Waals surface area contributed by atoms with E-state index < -0.39 is 11.9 Å². The largest absolute Gasteiger partial charge is 0.478 e. The Hall–Kier alpha value is -2.40. The zero-order chi connectivity index (χ0) is 14.7. The van der Waals surface area contributed by atoms with Crippen molar-refractivity contribution in [3.63, 3.8) is 0 Å². The number of carbonyl (C=O) groups is 2. The van der Waals surface area contributed by atoms with E-state index in [1.807, 2.05) is 0 Å². The molecule has 0 spiro atoms. The van der Waals surface area contributed by atoms with Crippen LogP contribution in [0.15, 0.2) is 36.5 Å². The minimum Gasteiger partial charge on any atom is -0.478 e. The molecule has 0 saturated carbocycles. The summed E-state index contributed by atoms with van der Waals surface area (Å²) in [5.74, 6) is -1.59. The number of nitrogens with one attached hydrogen (secondary N) is 1. The lowest BCUT2D eigenvalue weighted by molar-refractivity contribution is 0.0698. The van der Waals surface area contributed by atoms with Crippen LogP contribution in [0, 0.1) is 6.92 Å². The number of benzene rings is 1. The molecule has 1 amide bonds. The first-order valence-corrected chi connectivity index (χ1v) is 6.12. The summed E-state index contributed by atoms with van der Waals surface area (Å²) in [4.78, 5) is 27.1. The van der Waals surface area contributed by atoms with E-state index in [1.54, 1.807) is 25.1 Å². The third-order valence-electron chi connectivity index (χ3n) is 2.70. The van der Waals surface area contributed by atoms with Gasteiger partial charge in [-0.1, -0.05) is 23.7 Å². The molecular formula is C14H11ClN2O3. The second-order valence-corrected chi connectivity index (χ2v) is 4.55. The maximum Gasteiger partial charge on any atom is 0.337 e. The van der Waals surface area contributed by atoms with E-state index in [0.29, 0.717) is 10.6 Å². The van der Waals surface area contributed by atoms with Gasteiger partial charge in [0.1, 0.15) is 5.69 Å². The summed E-state index contributed by atoms with van der Waals surface area (Å²) < 4.78 is 0. The van der Waals surface area contributed by atoms with Crippen molar-refractivity contribution < 1.29 is 14.7 Å². The van der Waals surface area contributed by atoms with Gasteiger partial charge in [0, 0.05) is 6.20 Å². The topological polar surface area (TPSA) is 79.3 Å². The van der Waals surface area contributed by atoms with Gasteiger partial charge in [-0.2, -0.15) is 0 Å². The van der Waals surface area contributed by atoms with Crippen molar-refractivity contribution in [1.29, 1.82) is 0 Å². The van der Waals surface area contributed by atoms with Crippen LogP contribution in [0.3, 0.4) is 0 Å². The monoisotopic (exact) mass is 290 g/mol. The first-order valence-electron chi connectivity index (χ1n) is 5.75. The second-order valence-electron chi connectivity index (χ2n) is 4.12. The number of carboxylic acids is 1. The lowest BCUT2D eigenvalue weighted by Gasteiger charge is -2.11. The molecule has 5 nitrogen and oxygen atoms in total. The number of aryl methyl sites for hydroxylation is 1. The van der Waals surface area contributed by atoms with E-state index in [9.17, 15) is 9.59 Å². The maximum atomic E-state index is 12.0. The fourth-order valence-electron chi connectivity index (χ4n) is 1.70. The molecule has 102 valence electrons. The highest BCUT2D eigenvalue weighted by Gasteiger charge is 2.15. The van der Waals surface area contributed by atoms with Gasteiger partial charge in [0.25, 0.3) is 5.91 Å². The molecule has 0 atom stereocenters. The van der Waals surface area contributed by atoms with Gasteiger partial charge < -0.3 is 10.4 Å². The third-order valence-corrected chi connectivity index (χ3v) is 2.93. The number of halogens is 1. The van der Waals surface area contributed by atoms with Crippen LogP contribution in [0.5, 0.6) is 0 Å². The van der Waals surface area contributed by atoms with E-state index in [-0.39, 0.29) is 16.9 Å². The molecule has 2 aromatic rings. The van der Waals surface area contributed by atoms with Crippen molar-refractivity contribution in [1.82, 2.24) is 4.98 Å². The molecule has 6 heteroatoms. The summed E-state index contributed by atoms with van der Waals surface area (Å²) in [6, 6.07) is 7.78. The number of hydrogen-bond donors (Lipinski definition) is 2. The van der Waals surface area contributed by atoms with Gasteiger partial charge in [-0.05, 0) is 30.7 Å². The summed E-state index contributed by atoms with van der Waals surface area (Å²) in [5.41, 5.74) is 1.12. The van der Waals surface area contributed by atoms with Gasteiger partial charge in [-0.3, -0.25) is 4.79 Å². The summed E-state index contributed by atoms with van der Waals surface area (Å²) in [5, 5.41) is 12.1. The normalized spacial score (nSPS) is 10.1. The highest BCUT2D eigenvalue weighted by molar-refractivity contribution is 6.30. The first-order chi connectivity index (χ1) is 9.49. The summed E-state index contributed by atoms with van der Waals surface area (Å²) in [6.45, 7) is 1.72. The average Bonchev–Trinajstić information content (AvgIpc) is 2.41. The molecule has 0 radical (unpaired) electrons. The maximum absolute atomic E-state index is 12.0. The Kier molecular flexibility index (Phi) is 4.00. The second kappa shape index (κ2) is 5.71. The molecule has 1 aromatic heterocycles. The molecule has 1 aromatic carbocycles. The Bertz CT molecular complexity index is 669. The molecule has 2 N–H and O–H groups in total. The predicted molar refractivity (Wildman–Crippen MR) is 75.3 cm³/mol. The van der Waals surface area contributed by atoms with Crippen molar-refractivity contribution in [2.24, 2.45) is 0 Å². The molecule has 0 aliphatic carbocycles. The van der Waals surface area contributed by atoms with Crippen LogP contribution in [0.1, 0.15) is 26.4 Å². The Morgan fingerprint density at radius 3 is 2.60 bits per heavy atom. The van der Waals surface area contributed by atoms with Gasteiger partial charge in [0.2, 0.25) is 0 Å². The van der Waals surface area contributed by atoms with E-state index in [4.69, 9.17) is 16.7 Å². The number of aromatic carboxylic acids is 1. The van der Waals surface area contributed by atoms with Crippen LogP contribution >= 0.6 is 11.6 Å². The number of amides is 1. The summed E-state index contributed by atoms with van der Waals surface area (Å²) >= 11 is 5.70. The molecule has 0 bridgehead atoms. The molecule has 0 aliphatic rings. The lowest BCUT2D eigenvalue weighted by atomic mass is 10.1. The zero-order valence-electron chi connectivity index (χ0n) is 10.6. The molecule has 0 fully saturated rings. The van der Waals surface area contributed by atoms with Gasteiger partial charge in [0.15, 0.2) is 0 Å². The highest BCUT2D eigenvalue weighted by atomic mass is 35.5. The van der Waals surface area contributed by atoms with Crippen LogP contribution < -0.4 is 5.32 Å². The molecule has 2 rings (SSSR count). The first kappa shape index (κ1) is 14.0. The van der Waals surface area contributed by atoms with Crippen LogP contribution in [0.25, 0.3) is 0 Å². The molecule has 0 unspecified atom stereocenters. The van der Waals surface area contributed by atoms with E-state index >= 15 is 0 Å². The lowest BCUT2D eigenvalue weighted by Crippen LogP contribution is -2.17. The molecule has 1 heterocycles. The van der Waals surface area contributed by atoms with Crippen LogP contribution in [0.2, 0.25) is 5.02 Å². The fraction of sp³-hybridized carbons (Fsp3) is 0.0714. The van der Waals surface area contributed by atoms with Crippen LogP contribution in [-0.4, -0.2) is 22.0 Å². The number of carboxylic acid groups (broad SMARTS) is 1. The number of para-hydroxylation sites is 1. The fourth-order valence-corrected chi connectivity index (χ4v) is 1.81. The van der Waals surface area contributed by atoms with Crippen molar-refractivity contribution in [2.75, 3.05) is 5.32 Å². The van der Waals surface area contributed by atoms with Crippen molar-refractivity contribution >= 4 is 29.2 Å². The SMILES string of the molecule is Cc1cccc(C(=O)O)c1NC(=O)c1ccc(Cl)cn1. The number of pyridine rings is 1. The van der Waals surface area contributed by atoms with Crippen LogP contribution in [-0.2, 0) is 0 Å². The van der Waals surface area contributed by atoms with Gasteiger partial charge >= 0.3 is 5.97 Å². The van der Waals surface area contributed by atoms with Crippen LogP contribution in [0.4, 0.5) is 5.69 Å². The Labute approximate surface area is 120 Å². The Balaban J connectivity index is 2.32. The molecular weight excluding hydrogens is 280 g/mol. The number of aromatic nitrogens is 1. The number of anilines is 1. The van der Waals surface area contributed by atoms with E-state index in [2.05, 4.69) is 10.3 Å². The highest BCUT2D eigenvalue weighted by Crippen LogP contribution is 2.21. The zero-order valence-corrected chi connectivity index (χ0v) is 11.3. The number of rotatable bonds is 3. The predicted octanol–water partition coefficient (Wildman–Crippen LogP) is 2.99. The smallest absolute Gasteiger partial charge is 0.337 e. The quantitative estimate of drug-likeness (QED) is 0.911. The summed E-state index contributed by atoms with van der Waals surface area (Å²) in [7, 11) is 0. The van der Waals surface area contributed by atoms with E-state index in [1.165, 1.54) is 18.3 Å². The standard InChI is InChI=1S/C14H11ClN2O3/c1-8-3-2-4-10(14(19)20)12(8)17-13(18)11-6-5-9(15)7-16-11/h2-7H,1H3,(H,17,18)(H,19,20). The third kappa shape index (κ3) is 2.95. The van der Waals surface area contributed by atoms with Gasteiger partial charge in [0.05, 0.1) is 16.3 Å². The number of nitrogens with zero attached hydrogens (tertiary/aromatic N) is 1. The van der Waals surface area contributed by atoms with Crippen molar-refractivity contribution in [3.05, 3.63) is 58.4 Å². The Morgan fingerprint density at radius 2 is 2.00 bits per heavy atom. The minimum atomic E-state index is -1.10. The number of carbonyl (C=O) groups excluding carboxylic acids is 1. The number of hydrogen-bond acceptors (Lipinski definition) is 3. The molecule has 0 saturated heterocycles. The molecule has 0 aliphatic heterocycles. The van der Waals surface area contributed by atoms with Gasteiger partial charge in [-0.15, -0.1) is 0 Å². The average molecular weight is 291 g/mol. The minimum absolute atomic E-state index is 0.0345.